The minimum Gasteiger partial charge on any atom is -0.380 e. The molecule has 3 heteroatoms. The molecule has 0 aromatic heterocycles. The maximum absolute atomic E-state index is 4.30. The summed E-state index contributed by atoms with van der Waals surface area (Å²) in [7, 11) is 2.01. The molecular formula is C12H22N2S. The molecule has 0 amide bonds. The van der Waals surface area contributed by atoms with Crippen LogP contribution in [0.5, 0.6) is 0 Å². The summed E-state index contributed by atoms with van der Waals surface area (Å²) in [5, 5.41) is 3.24. The van der Waals surface area contributed by atoms with Crippen molar-refractivity contribution in [2.45, 2.75) is 19.9 Å². The summed E-state index contributed by atoms with van der Waals surface area (Å²) in [6.45, 7) is 16.5. The van der Waals surface area contributed by atoms with Gasteiger partial charge in [-0.05, 0) is 13.8 Å². The van der Waals surface area contributed by atoms with Gasteiger partial charge in [0, 0.05) is 30.7 Å². The molecule has 0 spiro atoms. The molecule has 1 unspecified atom stereocenters. The van der Waals surface area contributed by atoms with Crippen LogP contribution in [-0.2, 0) is 0 Å². The van der Waals surface area contributed by atoms with Crippen LogP contribution in [0.15, 0.2) is 36.7 Å². The van der Waals surface area contributed by atoms with E-state index in [4.69, 9.17) is 0 Å². The van der Waals surface area contributed by atoms with Gasteiger partial charge in [0.15, 0.2) is 0 Å². The Bertz CT molecular complexity index is 258. The number of thiol groups is 1. The smallest absolute Gasteiger partial charge is 0.0740 e. The van der Waals surface area contributed by atoms with Crippen molar-refractivity contribution >= 4 is 12.6 Å². The normalized spacial score (nSPS) is 11.7. The third-order valence-electron chi connectivity index (χ3n) is 2.00. The van der Waals surface area contributed by atoms with Crippen molar-refractivity contribution in [3.05, 3.63) is 36.7 Å². The van der Waals surface area contributed by atoms with Gasteiger partial charge in [0.1, 0.15) is 0 Å². The Morgan fingerprint density at radius 1 is 1.33 bits per heavy atom. The number of nitrogens with zero attached hydrogens (tertiary/aromatic N) is 1. The third-order valence-corrected chi connectivity index (χ3v) is 2.37. The van der Waals surface area contributed by atoms with Crippen molar-refractivity contribution < 1.29 is 0 Å². The second-order valence-corrected chi connectivity index (χ2v) is 4.33. The van der Waals surface area contributed by atoms with Crippen LogP contribution in [0.1, 0.15) is 13.8 Å². The second-order valence-electron chi connectivity index (χ2n) is 3.96. The van der Waals surface area contributed by atoms with Gasteiger partial charge >= 0.3 is 0 Å². The zero-order chi connectivity index (χ0) is 12.0. The highest BCUT2D eigenvalue weighted by Crippen LogP contribution is 2.09. The highest BCUT2D eigenvalue weighted by molar-refractivity contribution is 7.80. The van der Waals surface area contributed by atoms with E-state index >= 15 is 0 Å². The zero-order valence-electron chi connectivity index (χ0n) is 10.0. The molecule has 0 rings (SSSR count). The summed E-state index contributed by atoms with van der Waals surface area (Å²) in [4.78, 5) is 2.08. The number of nitrogens with one attached hydrogen (secondary N) is 1. The molecule has 0 saturated heterocycles. The topological polar surface area (TPSA) is 15.3 Å². The maximum atomic E-state index is 4.30. The minimum absolute atomic E-state index is 0.134. The van der Waals surface area contributed by atoms with Crippen molar-refractivity contribution in [3.63, 3.8) is 0 Å². The Labute approximate surface area is 99.1 Å². The Hall–Kier alpha value is -0.830. The molecule has 2 nitrogen and oxygen atoms in total. The summed E-state index contributed by atoms with van der Waals surface area (Å²) in [5.41, 5.74) is 3.06. The lowest BCUT2D eigenvalue weighted by Crippen LogP contribution is -2.37. The quantitative estimate of drug-likeness (QED) is 0.512. The first-order valence-electron chi connectivity index (χ1n) is 4.95. The Morgan fingerprint density at radius 2 is 1.87 bits per heavy atom. The van der Waals surface area contributed by atoms with Crippen LogP contribution in [0.3, 0.4) is 0 Å². The van der Waals surface area contributed by atoms with Crippen LogP contribution in [-0.4, -0.2) is 30.3 Å². The summed E-state index contributed by atoms with van der Waals surface area (Å²) in [6.07, 6.45) is 0. The lowest BCUT2D eigenvalue weighted by Gasteiger charge is -2.29. The van der Waals surface area contributed by atoms with Gasteiger partial charge in [-0.1, -0.05) is 25.3 Å². The van der Waals surface area contributed by atoms with Gasteiger partial charge in [0.25, 0.3) is 0 Å². The van der Waals surface area contributed by atoms with Crippen molar-refractivity contribution in [2.24, 2.45) is 0 Å². The molecular weight excluding hydrogens is 204 g/mol. The fourth-order valence-electron chi connectivity index (χ4n) is 1.30. The molecule has 1 N–H and O–H groups in total. The molecule has 0 radical (unpaired) electrons. The van der Waals surface area contributed by atoms with Gasteiger partial charge in [-0.15, -0.1) is 0 Å². The molecule has 1 atom stereocenters. The van der Waals surface area contributed by atoms with E-state index < -0.39 is 0 Å². The molecule has 0 aliphatic carbocycles. The Kier molecular flexibility index (Phi) is 6.25. The standard InChI is InChI=1S/C12H22N2S/c1-9(2)7-14(6)11(5)12(8-15)13-10(3)4/h12-13,15H,1,3,5,7-8H2,2,4,6H3. The molecule has 0 bridgehead atoms. The summed E-state index contributed by atoms with van der Waals surface area (Å²) in [5.74, 6) is 0.701. The predicted molar refractivity (Wildman–Crippen MR) is 72.2 cm³/mol. The summed E-state index contributed by atoms with van der Waals surface area (Å²) < 4.78 is 0. The Balaban J connectivity index is 4.36. The maximum Gasteiger partial charge on any atom is 0.0740 e. The van der Waals surface area contributed by atoms with Gasteiger partial charge in [-0.3, -0.25) is 0 Å². The lowest BCUT2D eigenvalue weighted by molar-refractivity contribution is 0.411. The van der Waals surface area contributed by atoms with Gasteiger partial charge in [0.2, 0.25) is 0 Å². The number of rotatable bonds is 7. The van der Waals surface area contributed by atoms with E-state index in [9.17, 15) is 0 Å². The van der Waals surface area contributed by atoms with E-state index in [1.165, 1.54) is 0 Å². The number of hydrogen-bond acceptors (Lipinski definition) is 3. The fourth-order valence-corrected chi connectivity index (χ4v) is 1.61. The van der Waals surface area contributed by atoms with E-state index in [1.807, 2.05) is 20.9 Å². The van der Waals surface area contributed by atoms with Crippen LogP contribution in [0, 0.1) is 0 Å². The fraction of sp³-hybridized carbons (Fsp3) is 0.500. The number of hydrogen-bond donors (Lipinski definition) is 2. The second kappa shape index (κ2) is 6.62. The molecule has 86 valence electrons. The molecule has 0 aliphatic rings. The molecule has 0 saturated carbocycles. The summed E-state index contributed by atoms with van der Waals surface area (Å²) >= 11 is 4.30. The predicted octanol–water partition coefficient (Wildman–Crippen LogP) is 2.43. The zero-order valence-corrected chi connectivity index (χ0v) is 10.9. The minimum atomic E-state index is 0.134. The number of allylic oxidation sites excluding steroid dienone is 1. The van der Waals surface area contributed by atoms with Gasteiger partial charge in [-0.25, -0.2) is 0 Å². The number of likely N-dealkylation sites (N-methyl/N-ethyl adjacent to an activating group) is 1. The van der Waals surface area contributed by atoms with Gasteiger partial charge in [0.05, 0.1) is 6.04 Å². The van der Waals surface area contributed by atoms with E-state index in [0.717, 1.165) is 23.5 Å². The molecule has 15 heavy (non-hydrogen) atoms. The average Bonchev–Trinajstić information content (AvgIpc) is 2.11. The van der Waals surface area contributed by atoms with Crippen LogP contribution >= 0.6 is 12.6 Å². The average molecular weight is 226 g/mol. The van der Waals surface area contributed by atoms with Crippen molar-refractivity contribution in [1.29, 1.82) is 0 Å². The first-order valence-corrected chi connectivity index (χ1v) is 5.59. The Morgan fingerprint density at radius 3 is 2.20 bits per heavy atom. The van der Waals surface area contributed by atoms with Crippen LogP contribution < -0.4 is 5.32 Å². The van der Waals surface area contributed by atoms with E-state index in [-0.39, 0.29) is 6.04 Å². The van der Waals surface area contributed by atoms with E-state index in [2.05, 4.69) is 42.6 Å². The van der Waals surface area contributed by atoms with Crippen LogP contribution in [0.25, 0.3) is 0 Å². The van der Waals surface area contributed by atoms with E-state index in [0.29, 0.717) is 5.75 Å². The molecule has 0 fully saturated rings. The largest absolute Gasteiger partial charge is 0.380 e. The van der Waals surface area contributed by atoms with Crippen LogP contribution in [0.4, 0.5) is 0 Å². The van der Waals surface area contributed by atoms with Gasteiger partial charge < -0.3 is 10.2 Å². The van der Waals surface area contributed by atoms with Crippen molar-refractivity contribution in [1.82, 2.24) is 10.2 Å². The monoisotopic (exact) mass is 226 g/mol. The van der Waals surface area contributed by atoms with Crippen molar-refractivity contribution in [2.75, 3.05) is 19.3 Å². The van der Waals surface area contributed by atoms with Crippen molar-refractivity contribution in [3.8, 4) is 0 Å². The highest BCUT2D eigenvalue weighted by Gasteiger charge is 2.13. The third kappa shape index (κ3) is 5.57. The van der Waals surface area contributed by atoms with Crippen LogP contribution in [0.2, 0.25) is 0 Å². The first kappa shape index (κ1) is 14.2. The molecule has 0 aliphatic heterocycles. The SMILES string of the molecule is C=C(C)CN(C)C(=C)C(CS)NC(=C)C. The van der Waals surface area contributed by atoms with E-state index in [1.54, 1.807) is 0 Å². The molecule has 0 aromatic carbocycles. The molecule has 0 heterocycles. The van der Waals surface area contributed by atoms with Gasteiger partial charge in [-0.2, -0.15) is 12.6 Å². The molecule has 0 aromatic rings. The summed E-state index contributed by atoms with van der Waals surface area (Å²) in [6, 6.07) is 0.134. The first-order chi connectivity index (χ1) is 6.88. The highest BCUT2D eigenvalue weighted by atomic mass is 32.1. The lowest BCUT2D eigenvalue weighted by atomic mass is 10.2.